The molecule has 22 heavy (non-hydrogen) atoms. The molecule has 0 spiro atoms. The van der Waals surface area contributed by atoms with Crippen LogP contribution in [0.25, 0.3) is 11.0 Å². The molecule has 4 nitrogen and oxygen atoms in total. The van der Waals surface area contributed by atoms with E-state index in [1.54, 1.807) is 17.8 Å². The monoisotopic (exact) mass is 318 g/mol. The lowest BCUT2D eigenvalue weighted by Gasteiger charge is -2.10. The van der Waals surface area contributed by atoms with E-state index in [9.17, 15) is 4.79 Å². The Kier molecular flexibility index (Phi) is 5.66. The van der Waals surface area contributed by atoms with Crippen molar-refractivity contribution in [3.63, 3.8) is 0 Å². The summed E-state index contributed by atoms with van der Waals surface area (Å²) >= 11 is 1.62. The van der Waals surface area contributed by atoms with Crippen LogP contribution in [-0.2, 0) is 5.75 Å². The standard InChI is InChI=1S/C17H22N2O2S/c1-5-18-17(19-6-2)22-10-13-9-16(20)21-15-8-12(4)11(3)7-14(13)15/h7-9H,5-6,10H2,1-4H3,(H,18,19). The van der Waals surface area contributed by atoms with Crippen LogP contribution in [0.2, 0.25) is 0 Å². The van der Waals surface area contributed by atoms with Gasteiger partial charge >= 0.3 is 5.63 Å². The predicted molar refractivity (Wildman–Crippen MR) is 94.9 cm³/mol. The smallest absolute Gasteiger partial charge is 0.336 e. The Morgan fingerprint density at radius 3 is 2.64 bits per heavy atom. The van der Waals surface area contributed by atoms with Crippen molar-refractivity contribution in [2.24, 2.45) is 4.99 Å². The summed E-state index contributed by atoms with van der Waals surface area (Å²) in [5.74, 6) is 0.691. The SMILES string of the molecule is CCN=C(NCC)SCc1cc(=O)oc2cc(C)c(C)cc12. The van der Waals surface area contributed by atoms with Gasteiger partial charge in [-0.2, -0.15) is 0 Å². The van der Waals surface area contributed by atoms with Gasteiger partial charge in [0.1, 0.15) is 5.58 Å². The molecular weight excluding hydrogens is 296 g/mol. The molecular formula is C17H22N2O2S. The zero-order chi connectivity index (χ0) is 16.1. The van der Waals surface area contributed by atoms with Crippen LogP contribution < -0.4 is 10.9 Å². The van der Waals surface area contributed by atoms with Crippen molar-refractivity contribution in [2.45, 2.75) is 33.4 Å². The molecule has 5 heteroatoms. The lowest BCUT2D eigenvalue weighted by atomic mass is 10.0. The molecule has 0 aliphatic rings. The van der Waals surface area contributed by atoms with Crippen LogP contribution in [0.3, 0.4) is 0 Å². The lowest BCUT2D eigenvalue weighted by molar-refractivity contribution is 0.559. The molecule has 0 fully saturated rings. The summed E-state index contributed by atoms with van der Waals surface area (Å²) < 4.78 is 5.33. The average molecular weight is 318 g/mol. The Hall–Kier alpha value is -1.75. The third-order valence-corrected chi connectivity index (χ3v) is 4.44. The minimum Gasteiger partial charge on any atom is -0.423 e. The van der Waals surface area contributed by atoms with Gasteiger partial charge in [-0.1, -0.05) is 11.8 Å². The first kappa shape index (κ1) is 16.6. The van der Waals surface area contributed by atoms with Gasteiger partial charge in [-0.25, -0.2) is 4.79 Å². The second-order valence-electron chi connectivity index (χ2n) is 5.12. The van der Waals surface area contributed by atoms with Crippen molar-refractivity contribution >= 4 is 27.9 Å². The maximum atomic E-state index is 11.8. The van der Waals surface area contributed by atoms with Crippen molar-refractivity contribution in [3.8, 4) is 0 Å². The van der Waals surface area contributed by atoms with E-state index in [4.69, 9.17) is 4.42 Å². The summed E-state index contributed by atoms with van der Waals surface area (Å²) in [7, 11) is 0. The molecule has 0 unspecified atom stereocenters. The van der Waals surface area contributed by atoms with Gasteiger partial charge < -0.3 is 9.73 Å². The van der Waals surface area contributed by atoms with E-state index < -0.39 is 0 Å². The third kappa shape index (κ3) is 3.91. The first-order valence-corrected chi connectivity index (χ1v) is 8.48. The van der Waals surface area contributed by atoms with Crippen molar-refractivity contribution in [3.05, 3.63) is 45.3 Å². The van der Waals surface area contributed by atoms with Crippen molar-refractivity contribution in [2.75, 3.05) is 13.1 Å². The highest BCUT2D eigenvalue weighted by Gasteiger charge is 2.09. The van der Waals surface area contributed by atoms with Crippen LogP contribution in [0.1, 0.15) is 30.5 Å². The first-order chi connectivity index (χ1) is 10.5. The van der Waals surface area contributed by atoms with Crippen LogP contribution in [-0.4, -0.2) is 18.3 Å². The Morgan fingerprint density at radius 1 is 1.23 bits per heavy atom. The summed E-state index contributed by atoms with van der Waals surface area (Å²) in [5.41, 5.74) is 3.66. The minimum atomic E-state index is -0.302. The molecule has 118 valence electrons. The average Bonchev–Trinajstić information content (AvgIpc) is 2.47. The van der Waals surface area contributed by atoms with Gasteiger partial charge in [0.2, 0.25) is 0 Å². The van der Waals surface area contributed by atoms with Crippen molar-refractivity contribution in [1.82, 2.24) is 5.32 Å². The fraction of sp³-hybridized carbons (Fsp3) is 0.412. The summed E-state index contributed by atoms with van der Waals surface area (Å²) in [6, 6.07) is 5.61. The summed E-state index contributed by atoms with van der Waals surface area (Å²) in [5, 5.41) is 5.16. The van der Waals surface area contributed by atoms with Crippen LogP contribution >= 0.6 is 11.8 Å². The van der Waals surface area contributed by atoms with E-state index in [1.165, 1.54) is 5.56 Å². The van der Waals surface area contributed by atoms with Gasteiger partial charge in [-0.3, -0.25) is 4.99 Å². The molecule has 1 aromatic carbocycles. The molecule has 1 aromatic heterocycles. The third-order valence-electron chi connectivity index (χ3n) is 3.44. The van der Waals surface area contributed by atoms with Gasteiger partial charge in [0, 0.05) is 30.3 Å². The number of nitrogens with one attached hydrogen (secondary N) is 1. The minimum absolute atomic E-state index is 0.302. The number of hydrogen-bond acceptors (Lipinski definition) is 4. The predicted octanol–water partition coefficient (Wildman–Crippen LogP) is 3.63. The van der Waals surface area contributed by atoms with Crippen LogP contribution in [0.4, 0.5) is 0 Å². The van der Waals surface area contributed by atoms with Gasteiger partial charge in [0.05, 0.1) is 0 Å². The number of aliphatic imine (C=N–C) groups is 1. The number of rotatable bonds is 4. The molecule has 0 radical (unpaired) electrons. The van der Waals surface area contributed by atoms with E-state index in [1.807, 2.05) is 26.8 Å². The maximum absolute atomic E-state index is 11.8. The van der Waals surface area contributed by atoms with Crippen LogP contribution in [0.5, 0.6) is 0 Å². The zero-order valence-electron chi connectivity index (χ0n) is 13.5. The van der Waals surface area contributed by atoms with E-state index in [0.717, 1.165) is 34.8 Å². The van der Waals surface area contributed by atoms with Gasteiger partial charge in [0.25, 0.3) is 0 Å². The molecule has 2 aromatic rings. The normalized spacial score (nSPS) is 11.9. The fourth-order valence-corrected chi connectivity index (χ4v) is 3.19. The zero-order valence-corrected chi connectivity index (χ0v) is 14.3. The number of aryl methyl sites for hydroxylation is 2. The largest absolute Gasteiger partial charge is 0.423 e. The van der Waals surface area contributed by atoms with E-state index in [2.05, 4.69) is 23.3 Å². The molecule has 2 rings (SSSR count). The second kappa shape index (κ2) is 7.49. The second-order valence-corrected chi connectivity index (χ2v) is 6.09. The number of thioether (sulfide) groups is 1. The number of amidine groups is 1. The fourth-order valence-electron chi connectivity index (χ4n) is 2.20. The Labute approximate surface area is 135 Å². The molecule has 0 amide bonds. The van der Waals surface area contributed by atoms with E-state index >= 15 is 0 Å². The topological polar surface area (TPSA) is 54.6 Å². The number of fused-ring (bicyclic) bond motifs is 1. The van der Waals surface area contributed by atoms with Gasteiger partial charge in [-0.05, 0) is 56.5 Å². The van der Waals surface area contributed by atoms with Crippen molar-refractivity contribution < 1.29 is 4.42 Å². The number of nitrogens with zero attached hydrogens (tertiary/aromatic N) is 1. The summed E-state index contributed by atoms with van der Waals surface area (Å²) in [6.07, 6.45) is 0. The molecule has 0 saturated carbocycles. The molecule has 0 atom stereocenters. The molecule has 0 aliphatic carbocycles. The Bertz CT molecular complexity index is 750. The number of hydrogen-bond donors (Lipinski definition) is 1. The first-order valence-electron chi connectivity index (χ1n) is 7.50. The molecule has 0 aliphatic heterocycles. The molecule has 0 saturated heterocycles. The molecule has 1 heterocycles. The lowest BCUT2D eigenvalue weighted by Crippen LogP contribution is -2.20. The highest BCUT2D eigenvalue weighted by Crippen LogP contribution is 2.24. The molecule has 1 N–H and O–H groups in total. The quantitative estimate of drug-likeness (QED) is 0.531. The van der Waals surface area contributed by atoms with E-state index in [-0.39, 0.29) is 5.63 Å². The van der Waals surface area contributed by atoms with Gasteiger partial charge in [0.15, 0.2) is 5.17 Å². The summed E-state index contributed by atoms with van der Waals surface area (Å²) in [4.78, 5) is 16.2. The highest BCUT2D eigenvalue weighted by molar-refractivity contribution is 8.13. The number of benzene rings is 1. The highest BCUT2D eigenvalue weighted by atomic mass is 32.2. The Balaban J connectivity index is 2.36. The van der Waals surface area contributed by atoms with Gasteiger partial charge in [-0.15, -0.1) is 0 Å². The van der Waals surface area contributed by atoms with Crippen LogP contribution in [0, 0.1) is 13.8 Å². The maximum Gasteiger partial charge on any atom is 0.336 e. The summed E-state index contributed by atoms with van der Waals surface area (Å²) in [6.45, 7) is 9.72. The van der Waals surface area contributed by atoms with Crippen LogP contribution in [0.15, 0.2) is 32.4 Å². The van der Waals surface area contributed by atoms with Crippen molar-refractivity contribution in [1.29, 1.82) is 0 Å². The molecule has 0 bridgehead atoms. The Morgan fingerprint density at radius 2 is 1.95 bits per heavy atom. The van der Waals surface area contributed by atoms with E-state index in [0.29, 0.717) is 11.3 Å².